The Morgan fingerprint density at radius 1 is 1.08 bits per heavy atom. The summed E-state index contributed by atoms with van der Waals surface area (Å²) in [5.74, 6) is 0.749. The molecule has 0 aromatic heterocycles. The molecule has 0 bridgehead atoms. The highest BCUT2D eigenvalue weighted by molar-refractivity contribution is 5.94. The highest BCUT2D eigenvalue weighted by atomic mass is 16.5. The van der Waals surface area contributed by atoms with Gasteiger partial charge in [-0.1, -0.05) is 26.0 Å². The molecule has 0 spiro atoms. The molecule has 25 heavy (non-hydrogen) atoms. The Hall–Kier alpha value is -1.88. The van der Waals surface area contributed by atoms with Gasteiger partial charge in [-0.3, -0.25) is 9.59 Å². The van der Waals surface area contributed by atoms with Crippen LogP contribution in [0.5, 0.6) is 0 Å². The lowest BCUT2D eigenvalue weighted by molar-refractivity contribution is -0.142. The third kappa shape index (κ3) is 4.40. The van der Waals surface area contributed by atoms with E-state index < -0.39 is 0 Å². The van der Waals surface area contributed by atoms with E-state index in [1.165, 1.54) is 5.56 Å². The number of hydrogen-bond acceptors (Lipinski definition) is 3. The van der Waals surface area contributed by atoms with Crippen LogP contribution in [0, 0.1) is 5.92 Å². The van der Waals surface area contributed by atoms with E-state index in [9.17, 15) is 9.59 Å². The van der Waals surface area contributed by atoms with Crippen LogP contribution in [0.2, 0.25) is 0 Å². The minimum Gasteiger partial charge on any atom is -0.368 e. The molecule has 2 fully saturated rings. The smallest absolute Gasteiger partial charge is 0.253 e. The monoisotopic (exact) mass is 344 g/mol. The lowest BCUT2D eigenvalue weighted by Crippen LogP contribution is -2.52. The summed E-state index contributed by atoms with van der Waals surface area (Å²) in [7, 11) is 0. The first-order chi connectivity index (χ1) is 12.0. The maximum atomic E-state index is 12.7. The van der Waals surface area contributed by atoms with Crippen molar-refractivity contribution in [2.75, 3.05) is 32.8 Å². The van der Waals surface area contributed by atoms with Crippen molar-refractivity contribution >= 4 is 11.8 Å². The zero-order valence-corrected chi connectivity index (χ0v) is 15.2. The molecule has 0 N–H and O–H groups in total. The maximum Gasteiger partial charge on any atom is 0.253 e. The van der Waals surface area contributed by atoms with Gasteiger partial charge in [0.25, 0.3) is 11.8 Å². The maximum absolute atomic E-state index is 12.7. The van der Waals surface area contributed by atoms with Crippen LogP contribution in [-0.2, 0) is 16.0 Å². The van der Waals surface area contributed by atoms with E-state index in [0.29, 0.717) is 38.7 Å². The van der Waals surface area contributed by atoms with Gasteiger partial charge in [-0.2, -0.15) is 0 Å². The summed E-state index contributed by atoms with van der Waals surface area (Å²) < 4.78 is 5.48. The molecule has 1 aromatic carbocycles. The second-order valence-corrected chi connectivity index (χ2v) is 7.41. The molecule has 0 saturated carbocycles. The second-order valence-electron chi connectivity index (χ2n) is 7.41. The topological polar surface area (TPSA) is 49.9 Å². The van der Waals surface area contributed by atoms with Gasteiger partial charge >= 0.3 is 0 Å². The van der Waals surface area contributed by atoms with Gasteiger partial charge in [0.15, 0.2) is 0 Å². The van der Waals surface area contributed by atoms with E-state index in [1.54, 1.807) is 0 Å². The number of carbonyl (C=O) groups is 2. The molecule has 5 nitrogen and oxygen atoms in total. The Morgan fingerprint density at radius 2 is 1.72 bits per heavy atom. The van der Waals surface area contributed by atoms with Gasteiger partial charge < -0.3 is 14.5 Å². The van der Waals surface area contributed by atoms with E-state index in [0.717, 1.165) is 24.8 Å². The SMILES string of the molecule is CC(C)Cc1ccc(C(=O)N2CCN(C(=O)C3CCCO3)CC2)cc1. The van der Waals surface area contributed by atoms with Gasteiger partial charge in [0, 0.05) is 38.3 Å². The molecule has 136 valence electrons. The Balaban J connectivity index is 1.53. The summed E-state index contributed by atoms with van der Waals surface area (Å²) in [5, 5.41) is 0. The minimum atomic E-state index is -0.268. The number of ether oxygens (including phenoxy) is 1. The Labute approximate surface area is 149 Å². The molecule has 2 amide bonds. The lowest BCUT2D eigenvalue weighted by Gasteiger charge is -2.35. The molecular formula is C20H28N2O3. The first kappa shape index (κ1) is 17.9. The van der Waals surface area contributed by atoms with Crippen LogP contribution in [0.4, 0.5) is 0 Å². The molecule has 0 radical (unpaired) electrons. The fourth-order valence-electron chi connectivity index (χ4n) is 3.54. The molecule has 1 aromatic rings. The highest BCUT2D eigenvalue weighted by Crippen LogP contribution is 2.17. The van der Waals surface area contributed by atoms with Gasteiger partial charge in [-0.05, 0) is 42.9 Å². The zero-order chi connectivity index (χ0) is 17.8. The molecule has 0 aliphatic carbocycles. The van der Waals surface area contributed by atoms with E-state index >= 15 is 0 Å². The molecule has 2 saturated heterocycles. The quantitative estimate of drug-likeness (QED) is 0.842. The Bertz CT molecular complexity index is 598. The van der Waals surface area contributed by atoms with E-state index in [1.807, 2.05) is 34.1 Å². The summed E-state index contributed by atoms with van der Waals surface area (Å²) >= 11 is 0. The molecular weight excluding hydrogens is 316 g/mol. The van der Waals surface area contributed by atoms with Crippen LogP contribution >= 0.6 is 0 Å². The van der Waals surface area contributed by atoms with Gasteiger partial charge in [-0.25, -0.2) is 0 Å². The third-order valence-corrected chi connectivity index (χ3v) is 4.93. The van der Waals surface area contributed by atoms with Crippen LogP contribution in [0.15, 0.2) is 24.3 Å². The second kappa shape index (κ2) is 8.00. The lowest BCUT2D eigenvalue weighted by atomic mass is 10.0. The predicted octanol–water partition coefficient (Wildman–Crippen LogP) is 2.35. The van der Waals surface area contributed by atoms with Crippen molar-refractivity contribution in [2.24, 2.45) is 5.92 Å². The average molecular weight is 344 g/mol. The van der Waals surface area contributed by atoms with Crippen LogP contribution < -0.4 is 0 Å². The van der Waals surface area contributed by atoms with Gasteiger partial charge in [-0.15, -0.1) is 0 Å². The van der Waals surface area contributed by atoms with Crippen molar-refractivity contribution in [3.63, 3.8) is 0 Å². The van der Waals surface area contributed by atoms with Crippen LogP contribution in [0.25, 0.3) is 0 Å². The van der Waals surface area contributed by atoms with Crippen molar-refractivity contribution in [1.29, 1.82) is 0 Å². The van der Waals surface area contributed by atoms with Gasteiger partial charge in [0.2, 0.25) is 0 Å². The zero-order valence-electron chi connectivity index (χ0n) is 15.2. The van der Waals surface area contributed by atoms with Crippen molar-refractivity contribution in [3.8, 4) is 0 Å². The normalized spacial score (nSPS) is 21.0. The number of hydrogen-bond donors (Lipinski definition) is 0. The standard InChI is InChI=1S/C20H28N2O3/c1-15(2)14-16-5-7-17(8-6-16)19(23)21-9-11-22(12-10-21)20(24)18-4-3-13-25-18/h5-8,15,18H,3-4,9-14H2,1-2H3. The summed E-state index contributed by atoms with van der Waals surface area (Å²) in [6.45, 7) is 7.43. The van der Waals surface area contributed by atoms with Crippen molar-refractivity contribution in [3.05, 3.63) is 35.4 Å². The number of benzene rings is 1. The van der Waals surface area contributed by atoms with E-state index in [4.69, 9.17) is 4.74 Å². The third-order valence-electron chi connectivity index (χ3n) is 4.93. The summed E-state index contributed by atoms with van der Waals surface area (Å²) in [6, 6.07) is 7.93. The van der Waals surface area contributed by atoms with Crippen LogP contribution in [-0.4, -0.2) is 60.5 Å². The molecule has 2 heterocycles. The van der Waals surface area contributed by atoms with Crippen molar-refractivity contribution < 1.29 is 14.3 Å². The molecule has 2 aliphatic heterocycles. The summed E-state index contributed by atoms with van der Waals surface area (Å²) in [5.41, 5.74) is 1.99. The van der Waals surface area contributed by atoms with Crippen LogP contribution in [0.3, 0.4) is 0 Å². The fraction of sp³-hybridized carbons (Fsp3) is 0.600. The number of rotatable bonds is 4. The molecule has 1 atom stereocenters. The van der Waals surface area contributed by atoms with Gasteiger partial charge in [0.05, 0.1) is 0 Å². The summed E-state index contributed by atoms with van der Waals surface area (Å²) in [4.78, 5) is 28.7. The fourth-order valence-corrected chi connectivity index (χ4v) is 3.54. The molecule has 2 aliphatic rings. The number of amides is 2. The molecule has 5 heteroatoms. The first-order valence-corrected chi connectivity index (χ1v) is 9.33. The van der Waals surface area contributed by atoms with Gasteiger partial charge in [0.1, 0.15) is 6.10 Å². The predicted molar refractivity (Wildman–Crippen MR) is 96.4 cm³/mol. The number of nitrogens with zero attached hydrogens (tertiary/aromatic N) is 2. The van der Waals surface area contributed by atoms with E-state index in [2.05, 4.69) is 13.8 Å². The minimum absolute atomic E-state index is 0.0558. The van der Waals surface area contributed by atoms with Crippen molar-refractivity contribution in [1.82, 2.24) is 9.80 Å². The highest BCUT2D eigenvalue weighted by Gasteiger charge is 2.31. The van der Waals surface area contributed by atoms with Crippen molar-refractivity contribution in [2.45, 2.75) is 39.2 Å². The number of piperazine rings is 1. The number of carbonyl (C=O) groups excluding carboxylic acids is 2. The van der Waals surface area contributed by atoms with Crippen LogP contribution in [0.1, 0.15) is 42.6 Å². The molecule has 3 rings (SSSR count). The first-order valence-electron chi connectivity index (χ1n) is 9.33. The Morgan fingerprint density at radius 3 is 2.28 bits per heavy atom. The summed E-state index contributed by atoms with van der Waals surface area (Å²) in [6.07, 6.45) is 2.54. The largest absolute Gasteiger partial charge is 0.368 e. The molecule has 1 unspecified atom stereocenters. The average Bonchev–Trinajstić information content (AvgIpc) is 3.15. The van der Waals surface area contributed by atoms with E-state index in [-0.39, 0.29) is 17.9 Å². The Kier molecular flexibility index (Phi) is 5.74.